The summed E-state index contributed by atoms with van der Waals surface area (Å²) in [4.78, 5) is 14.6. The first kappa shape index (κ1) is 11.2. The van der Waals surface area contributed by atoms with Gasteiger partial charge in [-0.1, -0.05) is 12.0 Å². The average Bonchev–Trinajstić information content (AvgIpc) is 2.77. The molecule has 0 bridgehead atoms. The molecule has 0 atom stereocenters. The van der Waals surface area contributed by atoms with Crippen molar-refractivity contribution in [3.63, 3.8) is 0 Å². The summed E-state index contributed by atoms with van der Waals surface area (Å²) >= 11 is 1.23. The highest BCUT2D eigenvalue weighted by atomic mass is 32.1. The van der Waals surface area contributed by atoms with E-state index in [9.17, 15) is 4.79 Å². The number of aromatic nitrogens is 1. The summed E-state index contributed by atoms with van der Waals surface area (Å²) in [6.45, 7) is 0. The molecule has 1 aromatic carbocycles. The number of hydrogen-bond donors (Lipinski definition) is 2. The van der Waals surface area contributed by atoms with Crippen LogP contribution in [0.25, 0.3) is 0 Å². The number of thiazole rings is 1. The number of nitrogens with one attached hydrogen (secondary N) is 1. The first-order chi connectivity index (χ1) is 8.20. The highest BCUT2D eigenvalue weighted by molar-refractivity contribution is 7.14. The van der Waals surface area contributed by atoms with E-state index in [4.69, 9.17) is 11.5 Å². The molecule has 17 heavy (non-hydrogen) atoms. The van der Waals surface area contributed by atoms with Crippen molar-refractivity contribution < 1.29 is 9.90 Å². The Morgan fingerprint density at radius 3 is 3.06 bits per heavy atom. The van der Waals surface area contributed by atoms with Crippen molar-refractivity contribution in [1.29, 1.82) is 0 Å². The Balaban J connectivity index is 2.29. The molecular weight excluding hydrogens is 236 g/mol. The van der Waals surface area contributed by atoms with Gasteiger partial charge in [0.1, 0.15) is 5.00 Å². The van der Waals surface area contributed by atoms with Crippen LogP contribution in [0.5, 0.6) is 0 Å². The maximum atomic E-state index is 10.9. The highest BCUT2D eigenvalue weighted by Gasteiger charge is 2.13. The smallest absolute Gasteiger partial charge is 0.357 e. The number of rotatable bonds is 3. The molecule has 2 rings (SSSR count). The van der Waals surface area contributed by atoms with E-state index in [2.05, 4.69) is 16.2 Å². The van der Waals surface area contributed by atoms with E-state index in [1.807, 2.05) is 6.07 Å². The highest BCUT2D eigenvalue weighted by Crippen LogP contribution is 2.25. The van der Waals surface area contributed by atoms with E-state index in [1.54, 1.807) is 18.2 Å². The molecule has 0 fully saturated rings. The molecule has 0 radical (unpaired) electrons. The van der Waals surface area contributed by atoms with Gasteiger partial charge in [0, 0.05) is 11.3 Å². The van der Waals surface area contributed by atoms with Gasteiger partial charge in [-0.15, -0.1) is 17.8 Å². The molecule has 0 aliphatic rings. The second-order valence-electron chi connectivity index (χ2n) is 3.19. The van der Waals surface area contributed by atoms with Crippen LogP contribution in [-0.2, 0) is 0 Å². The molecule has 1 heterocycles. The molecule has 0 unspecified atom stereocenters. The van der Waals surface area contributed by atoms with Crippen LogP contribution < -0.4 is 5.32 Å². The molecule has 0 spiro atoms. The minimum atomic E-state index is -1.05. The van der Waals surface area contributed by atoms with Gasteiger partial charge in [-0.05, 0) is 18.2 Å². The summed E-state index contributed by atoms with van der Waals surface area (Å²) in [6, 6.07) is 7.19. The van der Waals surface area contributed by atoms with Crippen LogP contribution in [0.4, 0.5) is 10.7 Å². The van der Waals surface area contributed by atoms with Gasteiger partial charge in [0.25, 0.3) is 0 Å². The molecular formula is C12H8N2O2S. The molecule has 0 amide bonds. The lowest BCUT2D eigenvalue weighted by Gasteiger charge is -2.04. The quantitative estimate of drug-likeness (QED) is 0.814. The molecule has 84 valence electrons. The summed E-state index contributed by atoms with van der Waals surface area (Å²) in [7, 11) is 0. The van der Waals surface area contributed by atoms with Crippen molar-refractivity contribution >= 4 is 28.0 Å². The van der Waals surface area contributed by atoms with E-state index in [0.29, 0.717) is 5.00 Å². The number of anilines is 2. The second kappa shape index (κ2) is 4.68. The number of carbonyl (C=O) groups is 1. The molecule has 0 aliphatic heterocycles. The average molecular weight is 244 g/mol. The number of terminal acetylenes is 1. The van der Waals surface area contributed by atoms with Gasteiger partial charge in [-0.25, -0.2) is 9.78 Å². The third kappa shape index (κ3) is 2.44. The van der Waals surface area contributed by atoms with Gasteiger partial charge in [0.15, 0.2) is 5.69 Å². The summed E-state index contributed by atoms with van der Waals surface area (Å²) in [6.07, 6.45) is 5.29. The zero-order chi connectivity index (χ0) is 12.3. The van der Waals surface area contributed by atoms with Crippen molar-refractivity contribution in [3.8, 4) is 12.3 Å². The predicted molar refractivity (Wildman–Crippen MR) is 66.7 cm³/mol. The Hall–Kier alpha value is -2.32. The zero-order valence-electron chi connectivity index (χ0n) is 8.68. The van der Waals surface area contributed by atoms with E-state index >= 15 is 0 Å². The van der Waals surface area contributed by atoms with Crippen LogP contribution >= 0.6 is 11.3 Å². The molecule has 2 aromatic rings. The van der Waals surface area contributed by atoms with Crippen molar-refractivity contribution in [2.75, 3.05) is 5.32 Å². The maximum absolute atomic E-state index is 10.9. The van der Waals surface area contributed by atoms with Crippen molar-refractivity contribution in [1.82, 2.24) is 4.98 Å². The summed E-state index contributed by atoms with van der Waals surface area (Å²) in [5.74, 6) is 1.46. The normalized spacial score (nSPS) is 9.59. The number of aromatic carboxylic acids is 1. The number of carboxylic acid groups (broad SMARTS) is 1. The third-order valence-corrected chi connectivity index (χ3v) is 2.80. The van der Waals surface area contributed by atoms with Gasteiger partial charge >= 0.3 is 5.97 Å². The largest absolute Gasteiger partial charge is 0.476 e. The lowest BCUT2D eigenvalue weighted by molar-refractivity contribution is 0.0692. The number of nitrogens with zero attached hydrogens (tertiary/aromatic N) is 1. The van der Waals surface area contributed by atoms with Crippen molar-refractivity contribution in [3.05, 3.63) is 41.0 Å². The first-order valence-electron chi connectivity index (χ1n) is 4.71. The Morgan fingerprint density at radius 2 is 2.35 bits per heavy atom. The van der Waals surface area contributed by atoms with Crippen LogP contribution in [0.1, 0.15) is 16.1 Å². The monoisotopic (exact) mass is 244 g/mol. The Kier molecular flexibility index (Phi) is 3.08. The number of benzene rings is 1. The summed E-state index contributed by atoms with van der Waals surface area (Å²) in [5.41, 5.74) is 2.97. The third-order valence-electron chi connectivity index (χ3n) is 2.06. The Labute approximate surface area is 102 Å². The fraction of sp³-hybridized carbons (Fsp3) is 0. The second-order valence-corrected chi connectivity index (χ2v) is 4.04. The minimum absolute atomic E-state index is 0.0149. The molecule has 2 N–H and O–H groups in total. The standard InChI is InChI=1S/C12H8N2O2S/c1-2-8-4-3-5-9(6-8)14-11-10(12(15)16)13-7-17-11/h1,3-7,14H,(H,15,16). The summed E-state index contributed by atoms with van der Waals surface area (Å²) < 4.78 is 0. The van der Waals surface area contributed by atoms with Gasteiger partial charge in [0.2, 0.25) is 0 Å². The fourth-order valence-corrected chi connectivity index (χ4v) is 2.00. The first-order valence-corrected chi connectivity index (χ1v) is 5.59. The van der Waals surface area contributed by atoms with Crippen LogP contribution in [0, 0.1) is 12.3 Å². The van der Waals surface area contributed by atoms with Crippen molar-refractivity contribution in [2.45, 2.75) is 0 Å². The molecule has 4 nitrogen and oxygen atoms in total. The lowest BCUT2D eigenvalue weighted by Crippen LogP contribution is -2.01. The topological polar surface area (TPSA) is 62.2 Å². The van der Waals surface area contributed by atoms with Crippen LogP contribution in [-0.4, -0.2) is 16.1 Å². The van der Waals surface area contributed by atoms with Gasteiger partial charge < -0.3 is 10.4 Å². The van der Waals surface area contributed by atoms with Gasteiger partial charge in [-0.2, -0.15) is 0 Å². The SMILES string of the molecule is C#Cc1cccc(Nc2scnc2C(=O)O)c1. The fourth-order valence-electron chi connectivity index (χ4n) is 1.31. The lowest BCUT2D eigenvalue weighted by atomic mass is 10.2. The summed E-state index contributed by atoms with van der Waals surface area (Å²) in [5, 5.41) is 12.4. The van der Waals surface area contributed by atoms with Crippen LogP contribution in [0.15, 0.2) is 29.8 Å². The number of hydrogen-bond acceptors (Lipinski definition) is 4. The minimum Gasteiger partial charge on any atom is -0.476 e. The van der Waals surface area contributed by atoms with Crippen LogP contribution in [0.2, 0.25) is 0 Å². The van der Waals surface area contributed by atoms with Crippen LogP contribution in [0.3, 0.4) is 0 Å². The molecule has 0 aliphatic carbocycles. The molecule has 0 saturated carbocycles. The van der Waals surface area contributed by atoms with E-state index in [1.165, 1.54) is 16.8 Å². The Bertz CT molecular complexity index is 599. The van der Waals surface area contributed by atoms with E-state index in [-0.39, 0.29) is 5.69 Å². The predicted octanol–water partition coefficient (Wildman–Crippen LogP) is 2.57. The maximum Gasteiger partial charge on any atom is 0.357 e. The Morgan fingerprint density at radius 1 is 1.53 bits per heavy atom. The molecule has 0 saturated heterocycles. The molecule has 1 aromatic heterocycles. The van der Waals surface area contributed by atoms with Gasteiger partial charge in [0.05, 0.1) is 5.51 Å². The molecule has 5 heteroatoms. The van der Waals surface area contributed by atoms with E-state index < -0.39 is 5.97 Å². The van der Waals surface area contributed by atoms with Gasteiger partial charge in [-0.3, -0.25) is 0 Å². The number of carboxylic acids is 1. The van der Waals surface area contributed by atoms with Crippen molar-refractivity contribution in [2.24, 2.45) is 0 Å². The van der Waals surface area contributed by atoms with E-state index in [0.717, 1.165) is 11.3 Å². The zero-order valence-corrected chi connectivity index (χ0v) is 9.49.